The third kappa shape index (κ3) is 3.85. The lowest BCUT2D eigenvalue weighted by Crippen LogP contribution is -2.33. The second kappa shape index (κ2) is 7.27. The third-order valence-corrected chi connectivity index (χ3v) is 5.52. The fraction of sp³-hybridized carbons (Fsp3) is 0.368. The summed E-state index contributed by atoms with van der Waals surface area (Å²) in [4.78, 5) is 28.4. The van der Waals surface area contributed by atoms with Gasteiger partial charge >= 0.3 is 0 Å². The van der Waals surface area contributed by atoms with Crippen molar-refractivity contribution in [1.82, 2.24) is 4.90 Å². The summed E-state index contributed by atoms with van der Waals surface area (Å²) in [6, 6.07) is 10.2. The van der Waals surface area contributed by atoms with Gasteiger partial charge in [-0.25, -0.2) is 0 Å². The van der Waals surface area contributed by atoms with Crippen molar-refractivity contribution in [2.45, 2.75) is 32.7 Å². The summed E-state index contributed by atoms with van der Waals surface area (Å²) in [5.74, 6) is 0.137. The van der Waals surface area contributed by atoms with Crippen LogP contribution in [-0.2, 0) is 4.79 Å². The van der Waals surface area contributed by atoms with Crippen molar-refractivity contribution >= 4 is 28.8 Å². The normalized spacial score (nSPS) is 17.1. The van der Waals surface area contributed by atoms with E-state index < -0.39 is 0 Å². The zero-order chi connectivity index (χ0) is 18.0. The van der Waals surface area contributed by atoms with Gasteiger partial charge in [0, 0.05) is 23.0 Å². The Bertz CT molecular complexity index is 767. The van der Waals surface area contributed by atoms with E-state index in [1.54, 1.807) is 12.1 Å². The molecule has 0 saturated carbocycles. The van der Waals surface area contributed by atoms with Crippen LogP contribution in [0.5, 0.6) is 5.75 Å². The molecule has 0 unspecified atom stereocenters. The maximum absolute atomic E-state index is 12.4. The summed E-state index contributed by atoms with van der Waals surface area (Å²) in [5.41, 5.74) is 0.634. The van der Waals surface area contributed by atoms with E-state index in [1.807, 2.05) is 30.9 Å². The summed E-state index contributed by atoms with van der Waals surface area (Å²) in [6.07, 6.45) is 1.94. The Morgan fingerprint density at radius 2 is 1.92 bits per heavy atom. The number of carbonyl (C=O) groups excluding carboxylic acids is 2. The molecule has 2 N–H and O–H groups in total. The molecule has 3 rings (SSSR count). The van der Waals surface area contributed by atoms with Crippen LogP contribution in [0.1, 0.15) is 47.3 Å². The second-order valence-corrected chi connectivity index (χ2v) is 7.66. The quantitative estimate of drug-likeness (QED) is 0.811. The fourth-order valence-corrected chi connectivity index (χ4v) is 4.10. The molecule has 1 aliphatic heterocycles. The molecule has 6 heteroatoms. The van der Waals surface area contributed by atoms with Gasteiger partial charge in [-0.05, 0) is 49.2 Å². The maximum atomic E-state index is 12.4. The summed E-state index contributed by atoms with van der Waals surface area (Å²) >= 11 is 1.44. The van der Waals surface area contributed by atoms with E-state index in [0.29, 0.717) is 10.6 Å². The van der Waals surface area contributed by atoms with E-state index in [9.17, 15) is 14.7 Å². The number of likely N-dealkylation sites (tertiary alicyclic amines) is 1. The molecule has 25 heavy (non-hydrogen) atoms. The molecular formula is C19H22N2O3S. The molecule has 1 aliphatic rings. The molecule has 1 saturated heterocycles. The van der Waals surface area contributed by atoms with Crippen LogP contribution in [0, 0.1) is 5.92 Å². The average Bonchev–Trinajstić information content (AvgIpc) is 3.24. The van der Waals surface area contributed by atoms with Crippen molar-refractivity contribution < 1.29 is 14.7 Å². The van der Waals surface area contributed by atoms with Crippen molar-refractivity contribution in [2.75, 3.05) is 11.9 Å². The smallest absolute Gasteiger partial charge is 0.265 e. The van der Waals surface area contributed by atoms with Crippen molar-refractivity contribution in [2.24, 2.45) is 5.92 Å². The first kappa shape index (κ1) is 17.5. The molecule has 1 aromatic heterocycles. The minimum atomic E-state index is -0.179. The monoisotopic (exact) mass is 358 g/mol. The van der Waals surface area contributed by atoms with Crippen molar-refractivity contribution in [3.8, 4) is 5.75 Å². The highest BCUT2D eigenvalue weighted by Gasteiger charge is 2.32. The first-order valence-electron chi connectivity index (χ1n) is 8.46. The number of phenols is 1. The van der Waals surface area contributed by atoms with Gasteiger partial charge < -0.3 is 15.3 Å². The van der Waals surface area contributed by atoms with E-state index in [2.05, 4.69) is 5.32 Å². The first-order valence-corrected chi connectivity index (χ1v) is 9.28. The lowest BCUT2D eigenvalue weighted by molar-refractivity contribution is -0.135. The van der Waals surface area contributed by atoms with E-state index in [1.165, 1.54) is 23.5 Å². The summed E-state index contributed by atoms with van der Waals surface area (Å²) in [6.45, 7) is 4.62. The molecule has 0 radical (unpaired) electrons. The molecule has 1 aromatic carbocycles. The van der Waals surface area contributed by atoms with E-state index in [-0.39, 0.29) is 29.5 Å². The Morgan fingerprint density at radius 3 is 2.60 bits per heavy atom. The standard InChI is InChI=1S/C19H22N2O3S/c1-12(2)19(24)21-11-3-4-15(21)16-9-10-17(25-16)18(23)20-13-5-7-14(22)8-6-13/h5-10,12,15,22H,3-4,11H2,1-2H3,(H,20,23)/t15-/m0/s1. The number of nitrogens with zero attached hydrogens (tertiary/aromatic N) is 1. The molecule has 2 aromatic rings. The zero-order valence-electron chi connectivity index (χ0n) is 14.4. The fourth-order valence-electron chi connectivity index (χ4n) is 3.05. The van der Waals surface area contributed by atoms with Crippen LogP contribution >= 0.6 is 11.3 Å². The predicted molar refractivity (Wildman–Crippen MR) is 98.9 cm³/mol. The van der Waals surface area contributed by atoms with Crippen molar-refractivity contribution in [3.05, 3.63) is 46.2 Å². The number of hydrogen-bond donors (Lipinski definition) is 2. The lowest BCUT2D eigenvalue weighted by Gasteiger charge is -2.25. The van der Waals surface area contributed by atoms with Crippen LogP contribution in [0.25, 0.3) is 0 Å². The van der Waals surface area contributed by atoms with Gasteiger partial charge in [-0.15, -0.1) is 11.3 Å². The number of rotatable bonds is 4. The largest absolute Gasteiger partial charge is 0.508 e. The highest BCUT2D eigenvalue weighted by molar-refractivity contribution is 7.14. The first-order chi connectivity index (χ1) is 12.0. The molecule has 0 aliphatic carbocycles. The molecule has 2 heterocycles. The third-order valence-electron chi connectivity index (χ3n) is 4.33. The van der Waals surface area contributed by atoms with E-state index in [4.69, 9.17) is 0 Å². The highest BCUT2D eigenvalue weighted by Crippen LogP contribution is 2.37. The molecular weight excluding hydrogens is 336 g/mol. The van der Waals surface area contributed by atoms with Gasteiger partial charge in [0.25, 0.3) is 5.91 Å². The van der Waals surface area contributed by atoms with Crippen molar-refractivity contribution in [3.63, 3.8) is 0 Å². The van der Waals surface area contributed by atoms with Crippen LogP contribution in [0.3, 0.4) is 0 Å². The Morgan fingerprint density at radius 1 is 1.20 bits per heavy atom. The lowest BCUT2D eigenvalue weighted by atomic mass is 10.1. The minimum absolute atomic E-state index is 0.0159. The van der Waals surface area contributed by atoms with Crippen LogP contribution in [-0.4, -0.2) is 28.4 Å². The summed E-state index contributed by atoms with van der Waals surface area (Å²) < 4.78 is 0. The van der Waals surface area contributed by atoms with Gasteiger partial charge in [0.05, 0.1) is 10.9 Å². The number of phenolic OH excluding ortho intramolecular Hbond substituents is 1. The molecule has 1 fully saturated rings. The Labute approximate surface area is 151 Å². The summed E-state index contributed by atoms with van der Waals surface area (Å²) in [5, 5.41) is 12.1. The number of hydrogen-bond acceptors (Lipinski definition) is 4. The van der Waals surface area contributed by atoms with Gasteiger partial charge in [0.2, 0.25) is 5.91 Å². The van der Waals surface area contributed by atoms with Crippen LogP contribution in [0.15, 0.2) is 36.4 Å². The van der Waals surface area contributed by atoms with Gasteiger partial charge in [-0.2, -0.15) is 0 Å². The highest BCUT2D eigenvalue weighted by atomic mass is 32.1. The number of anilines is 1. The minimum Gasteiger partial charge on any atom is -0.508 e. The Balaban J connectivity index is 1.72. The predicted octanol–water partition coefficient (Wildman–Crippen LogP) is 4.03. The molecule has 132 valence electrons. The molecule has 1 atom stereocenters. The number of carbonyl (C=O) groups is 2. The van der Waals surface area contributed by atoms with Crippen molar-refractivity contribution in [1.29, 1.82) is 0 Å². The zero-order valence-corrected chi connectivity index (χ0v) is 15.2. The molecule has 0 spiro atoms. The second-order valence-electron chi connectivity index (χ2n) is 6.55. The topological polar surface area (TPSA) is 69.6 Å². The van der Waals surface area contributed by atoms with Gasteiger partial charge in [-0.1, -0.05) is 13.8 Å². The Kier molecular flexibility index (Phi) is 5.08. The molecule has 2 amide bonds. The SMILES string of the molecule is CC(C)C(=O)N1CCC[C@H]1c1ccc(C(=O)Nc2ccc(O)cc2)s1. The summed E-state index contributed by atoms with van der Waals surface area (Å²) in [7, 11) is 0. The van der Waals surface area contributed by atoms with Crippen LogP contribution in [0.4, 0.5) is 5.69 Å². The number of nitrogens with one attached hydrogen (secondary N) is 1. The average molecular weight is 358 g/mol. The van der Waals surface area contributed by atoms with E-state index >= 15 is 0 Å². The van der Waals surface area contributed by atoms with Crippen LogP contribution in [0.2, 0.25) is 0 Å². The van der Waals surface area contributed by atoms with Gasteiger partial charge in [0.1, 0.15) is 5.75 Å². The molecule has 5 nitrogen and oxygen atoms in total. The maximum Gasteiger partial charge on any atom is 0.265 e. The molecule has 0 bridgehead atoms. The van der Waals surface area contributed by atoms with Crippen LogP contribution < -0.4 is 5.32 Å². The number of thiophene rings is 1. The Hall–Kier alpha value is -2.34. The number of benzene rings is 1. The number of aromatic hydroxyl groups is 1. The van der Waals surface area contributed by atoms with E-state index in [0.717, 1.165) is 24.3 Å². The number of amides is 2. The van der Waals surface area contributed by atoms with Gasteiger partial charge in [-0.3, -0.25) is 9.59 Å². The van der Waals surface area contributed by atoms with Gasteiger partial charge in [0.15, 0.2) is 0 Å².